The fraction of sp³-hybridized carbons (Fsp3) is 0.440. The Morgan fingerprint density at radius 2 is 1.86 bits per heavy atom. The van der Waals surface area contributed by atoms with Crippen LogP contribution in [0.5, 0.6) is 0 Å². The highest BCUT2D eigenvalue weighted by atomic mass is 19.1. The lowest BCUT2D eigenvalue weighted by Crippen LogP contribution is -2.10. The van der Waals surface area contributed by atoms with E-state index in [0.717, 1.165) is 45.0 Å². The summed E-state index contributed by atoms with van der Waals surface area (Å²) in [7, 11) is 0. The summed E-state index contributed by atoms with van der Waals surface area (Å²) in [6.45, 7) is 12.1. The second-order valence-corrected chi connectivity index (χ2v) is 8.88. The van der Waals surface area contributed by atoms with E-state index in [4.69, 9.17) is 4.98 Å². The number of nitrogens with one attached hydrogen (secondary N) is 1. The third-order valence-corrected chi connectivity index (χ3v) is 4.98. The smallest absolute Gasteiger partial charge is 0.149 e. The van der Waals surface area contributed by atoms with Crippen molar-refractivity contribution in [2.45, 2.75) is 66.7 Å². The minimum atomic E-state index is -0.287. The molecule has 2 heterocycles. The van der Waals surface area contributed by atoms with Crippen LogP contribution < -0.4 is 0 Å². The van der Waals surface area contributed by atoms with Crippen molar-refractivity contribution in [1.82, 2.24) is 9.97 Å². The Labute approximate surface area is 173 Å². The number of aliphatic imine (C=N–C) groups is 1. The molecule has 3 nitrogen and oxygen atoms in total. The Hall–Kier alpha value is -2.49. The SMILES string of the molecule is CC(C)=Nc1c(C)cc(-c2c[nH]c3nc(C4CCC4)ccc23)cc1F.CC(C)C. The molecule has 1 saturated carbocycles. The molecule has 4 rings (SSSR count). The number of fused-ring (bicyclic) bond motifs is 1. The number of halogens is 1. The molecular weight excluding hydrogens is 361 g/mol. The maximum atomic E-state index is 14.6. The Kier molecular flexibility index (Phi) is 6.51. The van der Waals surface area contributed by atoms with Gasteiger partial charge in [-0.15, -0.1) is 0 Å². The summed E-state index contributed by atoms with van der Waals surface area (Å²) in [6.07, 6.45) is 5.68. The van der Waals surface area contributed by atoms with Crippen molar-refractivity contribution in [3.8, 4) is 11.1 Å². The number of aromatic amines is 1. The molecule has 1 aliphatic carbocycles. The van der Waals surface area contributed by atoms with Gasteiger partial charge in [-0.05, 0) is 74.9 Å². The predicted octanol–water partition coefficient (Wildman–Crippen LogP) is 7.72. The van der Waals surface area contributed by atoms with Crippen molar-refractivity contribution < 1.29 is 4.39 Å². The molecule has 0 unspecified atom stereocenters. The van der Waals surface area contributed by atoms with Gasteiger partial charge in [0.15, 0.2) is 0 Å². The minimum absolute atomic E-state index is 0.287. The molecule has 0 amide bonds. The molecule has 0 aliphatic heterocycles. The van der Waals surface area contributed by atoms with Crippen LogP contribution in [-0.4, -0.2) is 15.7 Å². The van der Waals surface area contributed by atoms with Crippen LogP contribution in [0.2, 0.25) is 0 Å². The number of benzene rings is 1. The van der Waals surface area contributed by atoms with Crippen LogP contribution in [-0.2, 0) is 0 Å². The molecule has 1 fully saturated rings. The number of hydrogen-bond donors (Lipinski definition) is 1. The zero-order valence-electron chi connectivity index (χ0n) is 18.4. The first kappa shape index (κ1) is 21.2. The van der Waals surface area contributed by atoms with Gasteiger partial charge in [-0.3, -0.25) is 4.99 Å². The average Bonchev–Trinajstić information content (AvgIpc) is 2.99. The number of aromatic nitrogens is 2. The third-order valence-electron chi connectivity index (χ3n) is 4.98. The molecule has 0 radical (unpaired) electrons. The van der Waals surface area contributed by atoms with E-state index in [9.17, 15) is 4.39 Å². The Bertz CT molecular complexity index is 996. The standard InChI is InChI=1S/C21H22FN3.C4H10/c1-12(2)24-20-13(3)9-15(10-18(20)22)17-11-23-21-16(17)7-8-19(25-21)14-5-4-6-14;1-4(2)3/h7-11,14H,4-6H2,1-3H3,(H,23,25);4H,1-3H3. The molecule has 29 heavy (non-hydrogen) atoms. The van der Waals surface area contributed by atoms with E-state index in [1.54, 1.807) is 6.07 Å². The lowest BCUT2D eigenvalue weighted by Gasteiger charge is -2.24. The van der Waals surface area contributed by atoms with E-state index in [0.29, 0.717) is 11.6 Å². The molecule has 1 N–H and O–H groups in total. The minimum Gasteiger partial charge on any atom is -0.346 e. The van der Waals surface area contributed by atoms with E-state index in [1.807, 2.05) is 33.0 Å². The summed E-state index contributed by atoms with van der Waals surface area (Å²) in [6, 6.07) is 7.79. The van der Waals surface area contributed by atoms with Crippen LogP contribution >= 0.6 is 0 Å². The van der Waals surface area contributed by atoms with Gasteiger partial charge in [0.2, 0.25) is 0 Å². The van der Waals surface area contributed by atoms with Crippen molar-refractivity contribution >= 4 is 22.4 Å². The summed E-state index contributed by atoms with van der Waals surface area (Å²) >= 11 is 0. The van der Waals surface area contributed by atoms with Gasteiger partial charge >= 0.3 is 0 Å². The van der Waals surface area contributed by atoms with Crippen LogP contribution in [0.25, 0.3) is 22.2 Å². The summed E-state index contributed by atoms with van der Waals surface area (Å²) in [5, 5.41) is 1.03. The van der Waals surface area contributed by atoms with Gasteiger partial charge in [-0.25, -0.2) is 9.37 Å². The number of hydrogen-bond acceptors (Lipinski definition) is 2. The zero-order chi connectivity index (χ0) is 21.1. The van der Waals surface area contributed by atoms with Gasteiger partial charge in [-0.2, -0.15) is 0 Å². The summed E-state index contributed by atoms with van der Waals surface area (Å²) in [5.74, 6) is 1.15. The second kappa shape index (κ2) is 8.89. The van der Waals surface area contributed by atoms with Crippen LogP contribution in [0.4, 0.5) is 10.1 Å². The first-order chi connectivity index (χ1) is 13.8. The van der Waals surface area contributed by atoms with Crippen LogP contribution in [0.1, 0.15) is 71.1 Å². The molecule has 0 atom stereocenters. The van der Waals surface area contributed by atoms with Gasteiger partial charge in [0, 0.05) is 34.5 Å². The molecular formula is C25H32FN3. The predicted molar refractivity (Wildman–Crippen MR) is 122 cm³/mol. The molecule has 1 aromatic carbocycles. The number of nitrogens with zero attached hydrogens (tertiary/aromatic N) is 2. The first-order valence-electron chi connectivity index (χ1n) is 10.6. The van der Waals surface area contributed by atoms with Crippen molar-refractivity contribution in [2.75, 3.05) is 0 Å². The Morgan fingerprint density at radius 3 is 2.41 bits per heavy atom. The molecule has 1 aliphatic rings. The van der Waals surface area contributed by atoms with E-state index < -0.39 is 0 Å². The lowest BCUT2D eigenvalue weighted by molar-refractivity contribution is 0.412. The quantitative estimate of drug-likeness (QED) is 0.455. The van der Waals surface area contributed by atoms with Crippen LogP contribution in [0.15, 0.2) is 35.5 Å². The van der Waals surface area contributed by atoms with Crippen molar-refractivity contribution in [1.29, 1.82) is 0 Å². The van der Waals surface area contributed by atoms with Crippen LogP contribution in [0, 0.1) is 18.7 Å². The number of pyridine rings is 1. The zero-order valence-corrected chi connectivity index (χ0v) is 18.4. The fourth-order valence-electron chi connectivity index (χ4n) is 3.45. The normalized spacial score (nSPS) is 13.8. The summed E-state index contributed by atoms with van der Waals surface area (Å²) < 4.78 is 14.6. The molecule has 0 saturated heterocycles. The second-order valence-electron chi connectivity index (χ2n) is 8.88. The van der Waals surface area contributed by atoms with Gasteiger partial charge < -0.3 is 4.98 Å². The highest BCUT2D eigenvalue weighted by Crippen LogP contribution is 2.38. The third kappa shape index (κ3) is 4.92. The van der Waals surface area contributed by atoms with Gasteiger partial charge in [0.05, 0.1) is 0 Å². The van der Waals surface area contributed by atoms with Crippen LogP contribution in [0.3, 0.4) is 0 Å². The highest BCUT2D eigenvalue weighted by molar-refractivity contribution is 5.94. The molecule has 0 bridgehead atoms. The maximum absolute atomic E-state index is 14.6. The highest BCUT2D eigenvalue weighted by Gasteiger charge is 2.21. The topological polar surface area (TPSA) is 41.0 Å². The fourth-order valence-corrected chi connectivity index (χ4v) is 3.45. The van der Waals surface area contributed by atoms with Gasteiger partial charge in [0.1, 0.15) is 17.2 Å². The maximum Gasteiger partial charge on any atom is 0.149 e. The average molecular weight is 394 g/mol. The van der Waals surface area contributed by atoms with Crippen molar-refractivity contribution in [3.05, 3.63) is 47.5 Å². The van der Waals surface area contributed by atoms with Crippen molar-refractivity contribution in [2.24, 2.45) is 10.9 Å². The van der Waals surface area contributed by atoms with Gasteiger partial charge in [-0.1, -0.05) is 27.2 Å². The molecule has 3 aromatic rings. The molecule has 4 heteroatoms. The Balaban J connectivity index is 0.000000552. The molecule has 2 aromatic heterocycles. The Morgan fingerprint density at radius 1 is 1.17 bits per heavy atom. The molecule has 0 spiro atoms. The molecule has 154 valence electrons. The first-order valence-corrected chi connectivity index (χ1v) is 10.6. The monoisotopic (exact) mass is 393 g/mol. The number of aryl methyl sites for hydroxylation is 1. The lowest BCUT2D eigenvalue weighted by atomic mass is 9.82. The van der Waals surface area contributed by atoms with E-state index in [-0.39, 0.29) is 5.82 Å². The van der Waals surface area contributed by atoms with E-state index in [1.165, 1.54) is 19.3 Å². The number of rotatable bonds is 3. The summed E-state index contributed by atoms with van der Waals surface area (Å²) in [4.78, 5) is 12.3. The number of H-pyrrole nitrogens is 1. The van der Waals surface area contributed by atoms with E-state index >= 15 is 0 Å². The van der Waals surface area contributed by atoms with Crippen molar-refractivity contribution in [3.63, 3.8) is 0 Å². The summed E-state index contributed by atoms with van der Waals surface area (Å²) in [5.41, 5.74) is 5.98. The van der Waals surface area contributed by atoms with E-state index in [2.05, 4.69) is 42.9 Å². The van der Waals surface area contributed by atoms with Gasteiger partial charge in [0.25, 0.3) is 0 Å². The largest absolute Gasteiger partial charge is 0.346 e.